The molecule has 4 heterocycles. The molecule has 0 saturated heterocycles. The van der Waals surface area contributed by atoms with Crippen molar-refractivity contribution < 1.29 is 13.9 Å². The molecule has 0 bridgehead atoms. The van der Waals surface area contributed by atoms with Gasteiger partial charge in [0.25, 0.3) is 0 Å². The van der Waals surface area contributed by atoms with Gasteiger partial charge >= 0.3 is 6.09 Å². The molecule has 1 aliphatic rings. The van der Waals surface area contributed by atoms with Crippen LogP contribution < -0.4 is 0 Å². The summed E-state index contributed by atoms with van der Waals surface area (Å²) in [6.07, 6.45) is 1.34. The Bertz CT molecular complexity index is 1020. The summed E-state index contributed by atoms with van der Waals surface area (Å²) in [7, 11) is 0. The molecular formula is C19H21FN4O2S. The lowest BCUT2D eigenvalue weighted by atomic mass is 10.1. The van der Waals surface area contributed by atoms with Crippen LogP contribution in [0.3, 0.4) is 0 Å². The summed E-state index contributed by atoms with van der Waals surface area (Å²) in [5.74, 6) is 0. The molecule has 0 unspecified atom stereocenters. The minimum Gasteiger partial charge on any atom is -0.444 e. The summed E-state index contributed by atoms with van der Waals surface area (Å²) in [6.45, 7) is 8.55. The van der Waals surface area contributed by atoms with Gasteiger partial charge in [0, 0.05) is 24.4 Å². The number of halogens is 1. The van der Waals surface area contributed by atoms with Crippen molar-refractivity contribution in [1.29, 1.82) is 0 Å². The summed E-state index contributed by atoms with van der Waals surface area (Å²) in [4.78, 5) is 18.4. The van der Waals surface area contributed by atoms with Crippen LogP contribution in [0.4, 0.5) is 9.18 Å². The molecule has 0 spiro atoms. The number of carbonyl (C=O) groups excluding carboxylic acids is 1. The topological polar surface area (TPSA) is 60.3 Å². The van der Waals surface area contributed by atoms with Gasteiger partial charge in [0.05, 0.1) is 34.2 Å². The van der Waals surface area contributed by atoms with E-state index in [9.17, 15) is 9.18 Å². The molecule has 1 atom stereocenters. The van der Waals surface area contributed by atoms with Crippen LogP contribution in [-0.2, 0) is 11.3 Å². The van der Waals surface area contributed by atoms with E-state index in [0.29, 0.717) is 18.6 Å². The van der Waals surface area contributed by atoms with Crippen molar-refractivity contribution in [2.24, 2.45) is 0 Å². The van der Waals surface area contributed by atoms with Gasteiger partial charge in [-0.05, 0) is 39.8 Å². The number of aromatic nitrogens is 3. The van der Waals surface area contributed by atoms with Crippen LogP contribution in [0.15, 0.2) is 24.4 Å². The van der Waals surface area contributed by atoms with Crippen molar-refractivity contribution in [3.05, 3.63) is 35.2 Å². The highest BCUT2D eigenvalue weighted by atomic mass is 32.1. The second-order valence-electron chi connectivity index (χ2n) is 7.80. The molecule has 0 saturated carbocycles. The summed E-state index contributed by atoms with van der Waals surface area (Å²) >= 11 is 1.07. The van der Waals surface area contributed by atoms with Crippen LogP contribution in [0.2, 0.25) is 0 Å². The summed E-state index contributed by atoms with van der Waals surface area (Å²) in [5, 5.41) is 4.46. The molecule has 0 aliphatic carbocycles. The maximum atomic E-state index is 13.7. The Labute approximate surface area is 160 Å². The van der Waals surface area contributed by atoms with E-state index in [1.807, 2.05) is 44.5 Å². The maximum absolute atomic E-state index is 13.7. The van der Waals surface area contributed by atoms with Gasteiger partial charge in [-0.25, -0.2) is 4.79 Å². The fourth-order valence-electron chi connectivity index (χ4n) is 3.30. The Hall–Kier alpha value is -2.48. The second-order valence-corrected chi connectivity index (χ2v) is 8.80. The van der Waals surface area contributed by atoms with Crippen molar-refractivity contribution in [2.45, 2.75) is 45.9 Å². The smallest absolute Gasteiger partial charge is 0.410 e. The van der Waals surface area contributed by atoms with Gasteiger partial charge in [-0.2, -0.15) is 9.49 Å². The van der Waals surface area contributed by atoms with Crippen molar-refractivity contribution in [3.8, 4) is 11.3 Å². The van der Waals surface area contributed by atoms with Crippen molar-refractivity contribution >= 4 is 27.6 Å². The van der Waals surface area contributed by atoms with E-state index in [1.54, 1.807) is 11.1 Å². The predicted molar refractivity (Wildman–Crippen MR) is 102 cm³/mol. The molecule has 3 aromatic heterocycles. The zero-order valence-electron chi connectivity index (χ0n) is 15.7. The van der Waals surface area contributed by atoms with E-state index < -0.39 is 5.60 Å². The van der Waals surface area contributed by atoms with Crippen LogP contribution in [0.5, 0.6) is 0 Å². The molecule has 0 radical (unpaired) electrons. The fraction of sp³-hybridized carbons (Fsp3) is 0.421. The third kappa shape index (κ3) is 3.41. The SMILES string of the molecule is C[C@H]1CN(C(=O)OC(C)(C)C)Cc2cc(-c3ccnc4cc(F)sc34)nn21. The van der Waals surface area contributed by atoms with Crippen LogP contribution in [0.1, 0.15) is 39.4 Å². The molecule has 3 aromatic rings. The number of pyridine rings is 1. The Kier molecular flexibility index (Phi) is 4.18. The molecule has 27 heavy (non-hydrogen) atoms. The van der Waals surface area contributed by atoms with Crippen molar-refractivity contribution in [1.82, 2.24) is 19.7 Å². The summed E-state index contributed by atoms with van der Waals surface area (Å²) in [5.41, 5.74) is 2.64. The molecule has 1 amide bonds. The number of nitrogens with zero attached hydrogens (tertiary/aromatic N) is 4. The van der Waals surface area contributed by atoms with Gasteiger partial charge in [-0.15, -0.1) is 11.3 Å². The highest BCUT2D eigenvalue weighted by molar-refractivity contribution is 7.18. The Balaban J connectivity index is 1.67. The normalized spacial score (nSPS) is 17.2. The van der Waals surface area contributed by atoms with Gasteiger partial charge in [-0.3, -0.25) is 9.67 Å². The summed E-state index contributed by atoms with van der Waals surface area (Å²) < 4.78 is 21.9. The number of amides is 1. The molecule has 0 aromatic carbocycles. The summed E-state index contributed by atoms with van der Waals surface area (Å²) in [6, 6.07) is 5.27. The molecule has 0 fully saturated rings. The van der Waals surface area contributed by atoms with Crippen LogP contribution >= 0.6 is 11.3 Å². The first-order valence-electron chi connectivity index (χ1n) is 8.82. The molecule has 1 aliphatic heterocycles. The lowest BCUT2D eigenvalue weighted by molar-refractivity contribution is 0.0167. The van der Waals surface area contributed by atoms with E-state index >= 15 is 0 Å². The lowest BCUT2D eigenvalue weighted by Gasteiger charge is -2.33. The van der Waals surface area contributed by atoms with Crippen molar-refractivity contribution in [2.75, 3.05) is 6.54 Å². The first-order chi connectivity index (χ1) is 12.7. The van der Waals surface area contributed by atoms with E-state index in [2.05, 4.69) is 4.98 Å². The first-order valence-corrected chi connectivity index (χ1v) is 9.64. The van der Waals surface area contributed by atoms with Crippen molar-refractivity contribution in [3.63, 3.8) is 0 Å². The quantitative estimate of drug-likeness (QED) is 0.611. The highest BCUT2D eigenvalue weighted by Crippen LogP contribution is 2.34. The van der Waals surface area contributed by atoms with Crippen LogP contribution in [-0.4, -0.2) is 37.9 Å². The Morgan fingerprint density at radius 3 is 2.89 bits per heavy atom. The molecule has 4 rings (SSSR count). The fourth-order valence-corrected chi connectivity index (χ4v) is 4.16. The second kappa shape index (κ2) is 6.30. The minimum absolute atomic E-state index is 0.0208. The monoisotopic (exact) mass is 388 g/mol. The number of hydrogen-bond acceptors (Lipinski definition) is 5. The number of carbonyl (C=O) groups is 1. The number of hydrogen-bond donors (Lipinski definition) is 0. The molecular weight excluding hydrogens is 367 g/mol. The zero-order valence-corrected chi connectivity index (χ0v) is 16.5. The van der Waals surface area contributed by atoms with E-state index in [4.69, 9.17) is 9.84 Å². The van der Waals surface area contributed by atoms with Gasteiger partial charge < -0.3 is 9.64 Å². The van der Waals surface area contributed by atoms with Crippen LogP contribution in [0, 0.1) is 5.13 Å². The lowest BCUT2D eigenvalue weighted by Crippen LogP contribution is -2.43. The highest BCUT2D eigenvalue weighted by Gasteiger charge is 2.30. The van der Waals surface area contributed by atoms with E-state index in [-0.39, 0.29) is 17.3 Å². The molecule has 142 valence electrons. The van der Waals surface area contributed by atoms with Crippen LogP contribution in [0.25, 0.3) is 21.5 Å². The van der Waals surface area contributed by atoms with E-state index in [0.717, 1.165) is 33.0 Å². The Morgan fingerprint density at radius 2 is 2.15 bits per heavy atom. The average Bonchev–Trinajstić information content (AvgIpc) is 3.15. The number of ether oxygens (including phenoxy) is 1. The number of fused-ring (bicyclic) bond motifs is 2. The third-order valence-corrected chi connectivity index (χ3v) is 5.32. The largest absolute Gasteiger partial charge is 0.444 e. The predicted octanol–water partition coefficient (Wildman–Crippen LogP) is 4.61. The van der Waals surface area contributed by atoms with Gasteiger partial charge in [0.2, 0.25) is 0 Å². The average molecular weight is 388 g/mol. The minimum atomic E-state index is -0.533. The number of thiophene rings is 1. The number of rotatable bonds is 1. The van der Waals surface area contributed by atoms with Gasteiger partial charge in [-0.1, -0.05) is 0 Å². The molecule has 8 heteroatoms. The zero-order chi connectivity index (χ0) is 19.3. The third-order valence-electron chi connectivity index (χ3n) is 4.38. The molecule has 6 nitrogen and oxygen atoms in total. The first kappa shape index (κ1) is 17.9. The Morgan fingerprint density at radius 1 is 1.37 bits per heavy atom. The standard InChI is InChI=1S/C19H21FN4O2S/c1-11-9-23(18(25)26-19(2,3)4)10-12-7-14(22-24(11)12)13-5-6-21-15-8-16(20)27-17(13)15/h5-8,11H,9-10H2,1-4H3/t11-/m0/s1. The van der Waals surface area contributed by atoms with E-state index in [1.165, 1.54) is 6.07 Å². The van der Waals surface area contributed by atoms with Gasteiger partial charge in [0.15, 0.2) is 5.13 Å². The molecule has 0 N–H and O–H groups in total. The maximum Gasteiger partial charge on any atom is 0.410 e. The van der Waals surface area contributed by atoms with Gasteiger partial charge in [0.1, 0.15) is 5.60 Å².